The molecule has 5 nitrogen and oxygen atoms in total. The highest BCUT2D eigenvalue weighted by Crippen LogP contribution is 2.37. The van der Waals surface area contributed by atoms with Crippen LogP contribution in [0.4, 0.5) is 5.69 Å². The lowest BCUT2D eigenvalue weighted by Gasteiger charge is -2.22. The molecular weight excluding hydrogens is 426 g/mol. The van der Waals surface area contributed by atoms with Gasteiger partial charge in [-0.05, 0) is 68.3 Å². The topological polar surface area (TPSA) is 59.8 Å². The minimum absolute atomic E-state index is 0.0126. The number of allylic oxidation sites excluding steroid dienone is 2. The van der Waals surface area contributed by atoms with Crippen LogP contribution in [-0.2, 0) is 14.3 Å². The Balaban J connectivity index is 1.80. The molecule has 1 aliphatic heterocycles. The van der Waals surface area contributed by atoms with Gasteiger partial charge in [-0.15, -0.1) is 0 Å². The van der Waals surface area contributed by atoms with E-state index in [4.69, 9.17) is 20.8 Å². The lowest BCUT2D eigenvalue weighted by Crippen LogP contribution is -2.18. The maximum absolute atomic E-state index is 13.2. The molecule has 0 aliphatic carbocycles. The molecule has 0 spiro atoms. The average Bonchev–Trinajstić information content (AvgIpc) is 3.33. The zero-order valence-electron chi connectivity index (χ0n) is 18.2. The van der Waals surface area contributed by atoms with E-state index in [9.17, 15) is 9.59 Å². The maximum atomic E-state index is 13.2. The van der Waals surface area contributed by atoms with Crippen LogP contribution in [0.5, 0.6) is 0 Å². The Morgan fingerprint density at radius 3 is 2.50 bits per heavy atom. The lowest BCUT2D eigenvalue weighted by atomic mass is 10.1. The number of aryl methyl sites for hydroxylation is 2. The van der Waals surface area contributed by atoms with Gasteiger partial charge >= 0.3 is 5.97 Å². The van der Waals surface area contributed by atoms with E-state index in [-0.39, 0.29) is 5.57 Å². The summed E-state index contributed by atoms with van der Waals surface area (Å²) in [7, 11) is 1.27. The zero-order chi connectivity index (χ0) is 23.0. The second-order valence-corrected chi connectivity index (χ2v) is 8.06. The summed E-state index contributed by atoms with van der Waals surface area (Å²) in [5, 5.41) is 0.605. The van der Waals surface area contributed by atoms with Gasteiger partial charge in [-0.2, -0.15) is 0 Å². The number of methoxy groups -OCH3 is 1. The second kappa shape index (κ2) is 8.52. The van der Waals surface area contributed by atoms with Crippen LogP contribution in [0.1, 0.15) is 23.8 Å². The summed E-state index contributed by atoms with van der Waals surface area (Å²) >= 11 is 6.09. The summed E-state index contributed by atoms with van der Waals surface area (Å²) in [6, 6.07) is 16.8. The highest BCUT2D eigenvalue weighted by atomic mass is 35.5. The van der Waals surface area contributed by atoms with Gasteiger partial charge in [-0.3, -0.25) is 4.79 Å². The van der Waals surface area contributed by atoms with Crippen LogP contribution in [0, 0.1) is 13.8 Å². The zero-order valence-corrected chi connectivity index (χ0v) is 19.0. The van der Waals surface area contributed by atoms with Gasteiger partial charge < -0.3 is 14.1 Å². The maximum Gasteiger partial charge on any atom is 0.343 e. The second-order valence-electron chi connectivity index (χ2n) is 7.63. The Bertz CT molecular complexity index is 1300. The molecule has 2 heterocycles. The summed E-state index contributed by atoms with van der Waals surface area (Å²) in [6.45, 7) is 5.76. The van der Waals surface area contributed by atoms with Crippen molar-refractivity contribution in [2.24, 2.45) is 0 Å². The summed E-state index contributed by atoms with van der Waals surface area (Å²) in [5.41, 5.74) is 4.67. The third-order valence-electron chi connectivity index (χ3n) is 5.55. The van der Waals surface area contributed by atoms with Crippen molar-refractivity contribution in [1.29, 1.82) is 0 Å². The number of hydrogen-bond acceptors (Lipinski definition) is 5. The molecule has 6 heteroatoms. The number of esters is 1. The fourth-order valence-electron chi connectivity index (χ4n) is 3.72. The summed E-state index contributed by atoms with van der Waals surface area (Å²) in [6.07, 6.45) is 1.64. The van der Waals surface area contributed by atoms with Gasteiger partial charge in [0.05, 0.1) is 12.8 Å². The first kappa shape index (κ1) is 21.7. The third kappa shape index (κ3) is 3.87. The van der Waals surface area contributed by atoms with Gasteiger partial charge in [-0.25, -0.2) is 4.79 Å². The van der Waals surface area contributed by atoms with E-state index < -0.39 is 11.8 Å². The van der Waals surface area contributed by atoms with Gasteiger partial charge in [0.2, 0.25) is 5.78 Å². The van der Waals surface area contributed by atoms with Crippen molar-refractivity contribution in [3.63, 3.8) is 0 Å². The van der Waals surface area contributed by atoms with Crippen LogP contribution in [0.2, 0.25) is 5.02 Å². The molecule has 32 heavy (non-hydrogen) atoms. The molecule has 0 bridgehead atoms. The number of carbonyl (C=O) groups is 2. The van der Waals surface area contributed by atoms with Crippen LogP contribution < -0.4 is 4.90 Å². The van der Waals surface area contributed by atoms with Crippen molar-refractivity contribution in [3.8, 4) is 11.3 Å². The number of anilines is 1. The molecule has 0 saturated heterocycles. The normalized spacial score (nSPS) is 15.1. The van der Waals surface area contributed by atoms with Gasteiger partial charge in [0.25, 0.3) is 0 Å². The summed E-state index contributed by atoms with van der Waals surface area (Å²) in [4.78, 5) is 27.4. The number of halogens is 1. The SMILES string of the molecule is COC(=O)C1=C(C)N(c2ccc(C)c(C)c2)C(=Cc2ccc(-c3cccc(Cl)c3)o2)C1=O. The molecule has 0 radical (unpaired) electrons. The molecule has 4 rings (SSSR count). The van der Waals surface area contributed by atoms with Crippen LogP contribution in [-0.4, -0.2) is 18.9 Å². The van der Waals surface area contributed by atoms with E-state index in [0.29, 0.717) is 27.9 Å². The highest BCUT2D eigenvalue weighted by molar-refractivity contribution is 6.31. The predicted molar refractivity (Wildman–Crippen MR) is 125 cm³/mol. The average molecular weight is 448 g/mol. The minimum atomic E-state index is -0.663. The van der Waals surface area contributed by atoms with Crippen molar-refractivity contribution >= 4 is 35.1 Å². The standard InChI is InChI=1S/C26H22ClNO4/c1-15-8-9-20(12-16(15)2)28-17(3)24(26(30)31-4)25(29)22(28)14-21-10-11-23(32-21)18-6-5-7-19(27)13-18/h5-14H,1-4H3. The number of Topliss-reactive ketones (excluding diaryl/α,β-unsaturated/α-hetero) is 1. The van der Waals surface area contributed by atoms with E-state index in [1.165, 1.54) is 7.11 Å². The van der Waals surface area contributed by atoms with Gasteiger partial charge in [0, 0.05) is 28.0 Å². The molecule has 1 aromatic heterocycles. The molecular formula is C26H22ClNO4. The van der Waals surface area contributed by atoms with E-state index in [1.54, 1.807) is 36.1 Å². The van der Waals surface area contributed by atoms with Crippen molar-refractivity contribution < 1.29 is 18.7 Å². The highest BCUT2D eigenvalue weighted by Gasteiger charge is 2.38. The van der Waals surface area contributed by atoms with Crippen molar-refractivity contribution in [2.45, 2.75) is 20.8 Å². The molecule has 162 valence electrons. The van der Waals surface area contributed by atoms with Crippen molar-refractivity contribution in [3.05, 3.63) is 93.5 Å². The first-order valence-electron chi connectivity index (χ1n) is 10.1. The molecule has 2 aromatic carbocycles. The number of ketones is 1. The number of benzene rings is 2. The van der Waals surface area contributed by atoms with E-state index >= 15 is 0 Å². The molecule has 0 fully saturated rings. The molecule has 0 N–H and O–H groups in total. The summed E-state index contributed by atoms with van der Waals surface area (Å²) in [5.74, 6) is 0.0357. The molecule has 0 unspecified atom stereocenters. The quantitative estimate of drug-likeness (QED) is 0.275. The number of nitrogens with zero attached hydrogens (tertiary/aromatic N) is 1. The Hall–Kier alpha value is -3.57. The molecule has 0 amide bonds. The van der Waals surface area contributed by atoms with Crippen LogP contribution >= 0.6 is 11.6 Å². The number of rotatable bonds is 4. The monoisotopic (exact) mass is 447 g/mol. The molecule has 0 atom stereocenters. The van der Waals surface area contributed by atoms with E-state index in [0.717, 1.165) is 22.4 Å². The molecule has 1 aliphatic rings. The Morgan fingerprint density at radius 2 is 1.81 bits per heavy atom. The Morgan fingerprint density at radius 1 is 1.03 bits per heavy atom. The minimum Gasteiger partial charge on any atom is -0.465 e. The predicted octanol–water partition coefficient (Wildman–Crippen LogP) is 6.09. The van der Waals surface area contributed by atoms with Crippen LogP contribution in [0.15, 0.2) is 76.0 Å². The fraction of sp³-hybridized carbons (Fsp3) is 0.154. The first-order chi connectivity index (χ1) is 15.3. The van der Waals surface area contributed by atoms with Crippen molar-refractivity contribution in [1.82, 2.24) is 0 Å². The fourth-order valence-corrected chi connectivity index (χ4v) is 3.91. The first-order valence-corrected chi connectivity index (χ1v) is 10.5. The number of ether oxygens (including phenoxy) is 1. The smallest absolute Gasteiger partial charge is 0.343 e. The Kier molecular flexibility index (Phi) is 5.76. The van der Waals surface area contributed by atoms with Crippen molar-refractivity contribution in [2.75, 3.05) is 12.0 Å². The van der Waals surface area contributed by atoms with Gasteiger partial charge in [-0.1, -0.05) is 29.8 Å². The van der Waals surface area contributed by atoms with Crippen LogP contribution in [0.3, 0.4) is 0 Å². The lowest BCUT2D eigenvalue weighted by molar-refractivity contribution is -0.137. The number of furan rings is 1. The summed E-state index contributed by atoms with van der Waals surface area (Å²) < 4.78 is 10.8. The van der Waals surface area contributed by atoms with Crippen LogP contribution in [0.25, 0.3) is 17.4 Å². The number of hydrogen-bond donors (Lipinski definition) is 0. The Labute approximate surface area is 191 Å². The largest absolute Gasteiger partial charge is 0.465 e. The molecule has 3 aromatic rings. The van der Waals surface area contributed by atoms with E-state index in [1.807, 2.05) is 50.2 Å². The number of carbonyl (C=O) groups excluding carboxylic acids is 2. The van der Waals surface area contributed by atoms with Gasteiger partial charge in [0.15, 0.2) is 0 Å². The van der Waals surface area contributed by atoms with Gasteiger partial charge in [0.1, 0.15) is 17.1 Å². The molecule has 0 saturated carbocycles. The third-order valence-corrected chi connectivity index (χ3v) is 5.79. The van der Waals surface area contributed by atoms with E-state index in [2.05, 4.69) is 0 Å².